The van der Waals surface area contributed by atoms with Crippen LogP contribution in [0, 0.1) is 0 Å². The second-order valence-corrected chi connectivity index (χ2v) is 4.12. The summed E-state index contributed by atoms with van der Waals surface area (Å²) in [4.78, 5) is 34.3. The van der Waals surface area contributed by atoms with Gasteiger partial charge in [-0.2, -0.15) is 5.10 Å². The number of carbonyl (C=O) groups excluding carboxylic acids is 1. The van der Waals surface area contributed by atoms with Crippen molar-refractivity contribution in [2.75, 3.05) is 20.3 Å². The van der Waals surface area contributed by atoms with Crippen LogP contribution in [0.1, 0.15) is 29.9 Å². The third-order valence-electron chi connectivity index (χ3n) is 2.61. The molecule has 20 heavy (non-hydrogen) atoms. The van der Waals surface area contributed by atoms with Gasteiger partial charge in [-0.3, -0.25) is 9.59 Å². The van der Waals surface area contributed by atoms with E-state index in [1.807, 2.05) is 0 Å². The third kappa shape index (κ3) is 4.16. The number of carboxylic acid groups (broad SMARTS) is 1. The van der Waals surface area contributed by atoms with Crippen LogP contribution in [0.5, 0.6) is 0 Å². The van der Waals surface area contributed by atoms with Crippen molar-refractivity contribution in [3.63, 3.8) is 0 Å². The lowest BCUT2D eigenvalue weighted by atomic mass is 10.3. The molecule has 0 spiro atoms. The predicted molar refractivity (Wildman–Crippen MR) is 69.7 cm³/mol. The Kier molecular flexibility index (Phi) is 5.85. The highest BCUT2D eigenvalue weighted by Crippen LogP contribution is 2.01. The molecule has 8 nitrogen and oxygen atoms in total. The first-order valence-electron chi connectivity index (χ1n) is 6.07. The van der Waals surface area contributed by atoms with Gasteiger partial charge in [0.25, 0.3) is 5.56 Å². The van der Waals surface area contributed by atoms with Crippen LogP contribution in [0.3, 0.4) is 0 Å². The molecule has 1 heterocycles. The molecule has 0 fully saturated rings. The predicted octanol–water partition coefficient (Wildman–Crippen LogP) is -0.345. The Balaban J connectivity index is 2.78. The van der Waals surface area contributed by atoms with E-state index in [1.165, 1.54) is 6.92 Å². The van der Waals surface area contributed by atoms with Crippen molar-refractivity contribution < 1.29 is 19.4 Å². The fourth-order valence-electron chi connectivity index (χ4n) is 1.50. The number of methoxy groups -OCH3 is 1. The normalized spacial score (nSPS) is 11.9. The molecule has 0 aliphatic heterocycles. The SMILES string of the molecule is COCCCNC(=O)C(C)n1nc(C(=O)O)ccc1=O. The zero-order valence-electron chi connectivity index (χ0n) is 11.3. The summed E-state index contributed by atoms with van der Waals surface area (Å²) in [7, 11) is 1.56. The topological polar surface area (TPSA) is 111 Å². The van der Waals surface area contributed by atoms with Gasteiger partial charge in [0.15, 0.2) is 5.69 Å². The van der Waals surface area contributed by atoms with Gasteiger partial charge in [-0.1, -0.05) is 0 Å². The molecule has 1 aromatic rings. The van der Waals surface area contributed by atoms with E-state index in [1.54, 1.807) is 7.11 Å². The Morgan fingerprint density at radius 3 is 2.80 bits per heavy atom. The summed E-state index contributed by atoms with van der Waals surface area (Å²) in [5, 5.41) is 15.1. The number of hydrogen-bond donors (Lipinski definition) is 2. The van der Waals surface area contributed by atoms with Gasteiger partial charge in [0, 0.05) is 26.3 Å². The van der Waals surface area contributed by atoms with Crippen molar-refractivity contribution >= 4 is 11.9 Å². The number of rotatable bonds is 7. The maximum Gasteiger partial charge on any atom is 0.356 e. The third-order valence-corrected chi connectivity index (χ3v) is 2.61. The van der Waals surface area contributed by atoms with Crippen LogP contribution in [0.2, 0.25) is 0 Å². The minimum Gasteiger partial charge on any atom is -0.476 e. The van der Waals surface area contributed by atoms with E-state index in [4.69, 9.17) is 9.84 Å². The molecule has 1 rings (SSSR count). The monoisotopic (exact) mass is 283 g/mol. The second kappa shape index (κ2) is 7.39. The Hall–Kier alpha value is -2.22. The van der Waals surface area contributed by atoms with Crippen LogP contribution < -0.4 is 10.9 Å². The van der Waals surface area contributed by atoms with E-state index in [2.05, 4.69) is 10.4 Å². The van der Waals surface area contributed by atoms with E-state index in [0.717, 1.165) is 16.8 Å². The molecule has 0 aliphatic carbocycles. The average molecular weight is 283 g/mol. The van der Waals surface area contributed by atoms with Crippen LogP contribution in [-0.2, 0) is 9.53 Å². The minimum atomic E-state index is -1.26. The number of nitrogens with zero attached hydrogens (tertiary/aromatic N) is 2. The molecule has 1 unspecified atom stereocenters. The summed E-state index contributed by atoms with van der Waals surface area (Å²) in [6.45, 7) is 2.40. The van der Waals surface area contributed by atoms with Gasteiger partial charge >= 0.3 is 5.97 Å². The summed E-state index contributed by atoms with van der Waals surface area (Å²) in [6.07, 6.45) is 0.645. The van der Waals surface area contributed by atoms with Gasteiger partial charge in [0.2, 0.25) is 5.91 Å². The van der Waals surface area contributed by atoms with E-state index in [9.17, 15) is 14.4 Å². The lowest BCUT2D eigenvalue weighted by Gasteiger charge is -2.14. The Morgan fingerprint density at radius 2 is 2.20 bits per heavy atom. The molecule has 0 bridgehead atoms. The van der Waals surface area contributed by atoms with Crippen molar-refractivity contribution in [2.45, 2.75) is 19.4 Å². The molecule has 0 aromatic carbocycles. The maximum absolute atomic E-state index is 11.8. The fourth-order valence-corrected chi connectivity index (χ4v) is 1.50. The number of amides is 1. The molecular weight excluding hydrogens is 266 g/mol. The maximum atomic E-state index is 11.8. The zero-order valence-corrected chi connectivity index (χ0v) is 11.3. The molecule has 1 amide bonds. The molecule has 0 aliphatic rings. The summed E-state index contributed by atoms with van der Waals surface area (Å²) in [6, 6.07) is 1.29. The van der Waals surface area contributed by atoms with Crippen molar-refractivity contribution in [3.05, 3.63) is 28.2 Å². The van der Waals surface area contributed by atoms with Gasteiger partial charge in [0.1, 0.15) is 6.04 Å². The van der Waals surface area contributed by atoms with Gasteiger partial charge in [-0.15, -0.1) is 0 Å². The minimum absolute atomic E-state index is 0.288. The highest BCUT2D eigenvalue weighted by molar-refractivity contribution is 5.85. The second-order valence-electron chi connectivity index (χ2n) is 4.12. The first-order valence-corrected chi connectivity index (χ1v) is 6.07. The van der Waals surface area contributed by atoms with Gasteiger partial charge < -0.3 is 15.2 Å². The summed E-state index contributed by atoms with van der Waals surface area (Å²) in [5.41, 5.74) is -0.821. The molecule has 2 N–H and O–H groups in total. The van der Waals surface area contributed by atoms with Crippen LogP contribution in [0.4, 0.5) is 0 Å². The number of nitrogens with one attached hydrogen (secondary N) is 1. The zero-order chi connectivity index (χ0) is 15.1. The number of ether oxygens (including phenoxy) is 1. The van der Waals surface area contributed by atoms with Crippen LogP contribution in [-0.4, -0.2) is 47.0 Å². The Labute approximate surface area is 115 Å². The van der Waals surface area contributed by atoms with E-state index in [0.29, 0.717) is 19.6 Å². The first-order chi connectivity index (χ1) is 9.47. The molecule has 1 atom stereocenters. The summed E-state index contributed by atoms with van der Waals surface area (Å²) in [5.74, 6) is -1.66. The Morgan fingerprint density at radius 1 is 1.50 bits per heavy atom. The molecule has 0 radical (unpaired) electrons. The standard InChI is InChI=1S/C12H17N3O5/c1-8(11(17)13-6-3-7-20-2)15-10(16)5-4-9(14-15)12(18)19/h4-5,8H,3,6-7H2,1-2H3,(H,13,17)(H,18,19). The fraction of sp³-hybridized carbons (Fsp3) is 0.500. The van der Waals surface area contributed by atoms with Crippen molar-refractivity contribution in [2.24, 2.45) is 0 Å². The number of carboxylic acids is 1. The van der Waals surface area contributed by atoms with E-state index >= 15 is 0 Å². The van der Waals surface area contributed by atoms with Gasteiger partial charge in [-0.05, 0) is 19.4 Å². The summed E-state index contributed by atoms with van der Waals surface area (Å²) < 4.78 is 5.70. The van der Waals surface area contributed by atoms with Crippen LogP contribution in [0.25, 0.3) is 0 Å². The van der Waals surface area contributed by atoms with Crippen molar-refractivity contribution in [1.29, 1.82) is 0 Å². The number of hydrogen-bond acceptors (Lipinski definition) is 5. The quantitative estimate of drug-likeness (QED) is 0.662. The van der Waals surface area contributed by atoms with Gasteiger partial charge in [-0.25, -0.2) is 9.48 Å². The van der Waals surface area contributed by atoms with Crippen LogP contribution in [0.15, 0.2) is 16.9 Å². The highest BCUT2D eigenvalue weighted by atomic mass is 16.5. The molecule has 8 heteroatoms. The number of aromatic nitrogens is 2. The molecule has 0 saturated heterocycles. The smallest absolute Gasteiger partial charge is 0.356 e. The molecule has 1 aromatic heterocycles. The lowest BCUT2D eigenvalue weighted by Crippen LogP contribution is -2.38. The highest BCUT2D eigenvalue weighted by Gasteiger charge is 2.18. The number of carbonyl (C=O) groups is 2. The van der Waals surface area contributed by atoms with E-state index < -0.39 is 23.5 Å². The number of aromatic carboxylic acids is 1. The van der Waals surface area contributed by atoms with Crippen molar-refractivity contribution in [1.82, 2.24) is 15.1 Å². The van der Waals surface area contributed by atoms with E-state index in [-0.39, 0.29) is 5.69 Å². The molecule has 110 valence electrons. The molecular formula is C12H17N3O5. The average Bonchev–Trinajstić information content (AvgIpc) is 2.42. The molecule has 0 saturated carbocycles. The summed E-state index contributed by atoms with van der Waals surface area (Å²) >= 11 is 0. The first kappa shape index (κ1) is 15.8. The lowest BCUT2D eigenvalue weighted by molar-refractivity contribution is -0.124. The van der Waals surface area contributed by atoms with Crippen molar-refractivity contribution in [3.8, 4) is 0 Å². The Bertz CT molecular complexity index is 540. The van der Waals surface area contributed by atoms with Crippen LogP contribution >= 0.6 is 0 Å². The largest absolute Gasteiger partial charge is 0.476 e. The van der Waals surface area contributed by atoms with Gasteiger partial charge in [0.05, 0.1) is 0 Å².